The van der Waals surface area contributed by atoms with Crippen LogP contribution in [0, 0.1) is 0 Å². The largest absolute Gasteiger partial charge is 0.494 e. The molecule has 5 heteroatoms. The Bertz CT molecular complexity index is 1100. The predicted molar refractivity (Wildman–Crippen MR) is 121 cm³/mol. The minimum absolute atomic E-state index is 0.0711. The van der Waals surface area contributed by atoms with Crippen LogP contribution in [0.5, 0.6) is 0 Å². The quantitative estimate of drug-likeness (QED) is 0.678. The smallest absolute Gasteiger partial charge is 0.443 e. The first-order valence-electron chi connectivity index (χ1n) is 10.3. The minimum Gasteiger partial charge on any atom is -0.443 e. The zero-order valence-electron chi connectivity index (χ0n) is 17.1. The van der Waals surface area contributed by atoms with Crippen molar-refractivity contribution < 1.29 is 14.3 Å². The molecule has 1 fully saturated rings. The predicted octanol–water partition coefficient (Wildman–Crippen LogP) is 4.13. The lowest BCUT2D eigenvalue weighted by molar-refractivity contribution is -0.0224. The van der Waals surface area contributed by atoms with Gasteiger partial charge in [-0.25, -0.2) is 0 Å². The van der Waals surface area contributed by atoms with Gasteiger partial charge in [0.05, 0.1) is 5.60 Å². The maximum absolute atomic E-state index is 11.5. The Morgan fingerprint density at radius 3 is 2.38 bits per heavy atom. The fourth-order valence-corrected chi connectivity index (χ4v) is 4.90. The van der Waals surface area contributed by atoms with Crippen LogP contribution in [-0.4, -0.2) is 30.8 Å². The lowest BCUT2D eigenvalue weighted by atomic mass is 9.44. The van der Waals surface area contributed by atoms with Crippen molar-refractivity contribution in [1.82, 2.24) is 0 Å². The normalized spacial score (nSPS) is 21.0. The van der Waals surface area contributed by atoms with E-state index in [2.05, 4.69) is 45.0 Å². The second kappa shape index (κ2) is 6.87. The van der Waals surface area contributed by atoms with E-state index in [9.17, 15) is 5.02 Å². The van der Waals surface area contributed by atoms with Crippen LogP contribution < -0.4 is 5.46 Å². The Kier molecular flexibility index (Phi) is 4.43. The molecule has 144 valence electrons. The standard InChI is InChI=1S/C24H24B2O3/c1-16-15-24(2,3)29-26(28-16)23-19-13-7-11-17-12-8-14-20(21(17)19)25(27)22(23)18-9-5-4-6-10-18/h4-14,16,27H,15H2,1-3H3. The molecule has 2 aliphatic heterocycles. The summed E-state index contributed by atoms with van der Waals surface area (Å²) >= 11 is 0. The van der Waals surface area contributed by atoms with Crippen LogP contribution in [0.1, 0.15) is 38.3 Å². The first kappa shape index (κ1) is 18.7. The van der Waals surface area contributed by atoms with Crippen molar-refractivity contribution in [2.24, 2.45) is 0 Å². The summed E-state index contributed by atoms with van der Waals surface area (Å²) in [5, 5.41) is 13.7. The van der Waals surface area contributed by atoms with Crippen LogP contribution in [0.15, 0.2) is 66.7 Å². The van der Waals surface area contributed by atoms with E-state index < -0.39 is 14.0 Å². The molecule has 3 nitrogen and oxygen atoms in total. The Hall–Kier alpha value is -2.33. The highest BCUT2D eigenvalue weighted by Gasteiger charge is 2.45. The molecule has 29 heavy (non-hydrogen) atoms. The molecule has 0 aliphatic carbocycles. The molecule has 1 saturated heterocycles. The summed E-state index contributed by atoms with van der Waals surface area (Å²) in [4.78, 5) is 0. The number of rotatable bonds is 2. The molecule has 0 saturated carbocycles. The van der Waals surface area contributed by atoms with Crippen LogP contribution >= 0.6 is 0 Å². The van der Waals surface area contributed by atoms with E-state index in [1.165, 1.54) is 0 Å². The average Bonchev–Trinajstić information content (AvgIpc) is 2.69. The third-order valence-electron chi connectivity index (χ3n) is 5.97. The summed E-state index contributed by atoms with van der Waals surface area (Å²) in [6.45, 7) is 5.57. The summed E-state index contributed by atoms with van der Waals surface area (Å²) in [6, 6.07) is 22.5. The molecule has 0 radical (unpaired) electrons. The van der Waals surface area contributed by atoms with Gasteiger partial charge in [0.25, 0.3) is 0 Å². The van der Waals surface area contributed by atoms with Gasteiger partial charge in [-0.05, 0) is 65.5 Å². The molecule has 3 aromatic rings. The van der Waals surface area contributed by atoms with Gasteiger partial charge in [0.2, 0.25) is 0 Å². The zero-order chi connectivity index (χ0) is 20.2. The van der Waals surface area contributed by atoms with E-state index in [4.69, 9.17) is 9.31 Å². The van der Waals surface area contributed by atoms with E-state index in [0.29, 0.717) is 0 Å². The second-order valence-electron chi connectivity index (χ2n) is 8.71. The van der Waals surface area contributed by atoms with Crippen molar-refractivity contribution >= 4 is 41.2 Å². The summed E-state index contributed by atoms with van der Waals surface area (Å²) < 4.78 is 12.8. The van der Waals surface area contributed by atoms with Crippen LogP contribution in [0.2, 0.25) is 0 Å². The minimum atomic E-state index is -0.737. The van der Waals surface area contributed by atoms with Gasteiger partial charge in [-0.2, -0.15) is 0 Å². The van der Waals surface area contributed by atoms with Gasteiger partial charge in [0, 0.05) is 6.10 Å². The van der Waals surface area contributed by atoms with E-state index in [1.54, 1.807) is 0 Å². The zero-order valence-corrected chi connectivity index (χ0v) is 17.1. The van der Waals surface area contributed by atoms with Gasteiger partial charge < -0.3 is 14.3 Å². The van der Waals surface area contributed by atoms with Crippen molar-refractivity contribution in [3.63, 3.8) is 0 Å². The van der Waals surface area contributed by atoms with Gasteiger partial charge in [-0.15, -0.1) is 0 Å². The average molecular weight is 382 g/mol. The van der Waals surface area contributed by atoms with Gasteiger partial charge in [0.1, 0.15) is 0 Å². The third-order valence-corrected chi connectivity index (χ3v) is 5.97. The molecule has 5 rings (SSSR count). The highest BCUT2D eigenvalue weighted by atomic mass is 16.6. The highest BCUT2D eigenvalue weighted by Crippen LogP contribution is 2.41. The maximum Gasteiger partial charge on any atom is 0.494 e. The van der Waals surface area contributed by atoms with E-state index in [-0.39, 0.29) is 11.7 Å². The first-order valence-corrected chi connectivity index (χ1v) is 10.3. The molecule has 0 spiro atoms. The Morgan fingerprint density at radius 2 is 1.66 bits per heavy atom. The fourth-order valence-electron chi connectivity index (χ4n) is 4.90. The Morgan fingerprint density at radius 1 is 0.931 bits per heavy atom. The van der Waals surface area contributed by atoms with Gasteiger partial charge in [-0.1, -0.05) is 66.7 Å². The summed E-state index contributed by atoms with van der Waals surface area (Å²) in [5.41, 5.74) is 4.51. The molecule has 1 unspecified atom stereocenters. The molecule has 3 aromatic carbocycles. The van der Waals surface area contributed by atoms with Crippen molar-refractivity contribution in [3.8, 4) is 0 Å². The lowest BCUT2D eigenvalue weighted by Crippen LogP contribution is -2.48. The summed E-state index contributed by atoms with van der Waals surface area (Å²) in [5.74, 6) is 0. The number of hydrogen-bond donors (Lipinski definition) is 1. The first-order chi connectivity index (χ1) is 13.9. The summed E-state index contributed by atoms with van der Waals surface area (Å²) in [7, 11) is -0.530. The van der Waals surface area contributed by atoms with Crippen molar-refractivity contribution in [2.75, 3.05) is 0 Å². The van der Waals surface area contributed by atoms with Crippen LogP contribution in [0.4, 0.5) is 0 Å². The highest BCUT2D eigenvalue weighted by molar-refractivity contribution is 6.93. The molecule has 2 heterocycles. The maximum atomic E-state index is 11.5. The lowest BCUT2D eigenvalue weighted by Gasteiger charge is -2.40. The van der Waals surface area contributed by atoms with Gasteiger partial charge >= 0.3 is 14.0 Å². The molecule has 1 atom stereocenters. The van der Waals surface area contributed by atoms with Crippen molar-refractivity contribution in [2.45, 2.75) is 38.9 Å². The van der Waals surface area contributed by atoms with Crippen LogP contribution in [0.3, 0.4) is 0 Å². The monoisotopic (exact) mass is 382 g/mol. The number of benzene rings is 3. The molecule has 0 aromatic heterocycles. The van der Waals surface area contributed by atoms with Crippen LogP contribution in [0.25, 0.3) is 21.7 Å². The third kappa shape index (κ3) is 3.14. The second-order valence-corrected chi connectivity index (χ2v) is 8.71. The topological polar surface area (TPSA) is 38.7 Å². The Balaban J connectivity index is 1.81. The van der Waals surface area contributed by atoms with E-state index in [1.807, 2.05) is 42.5 Å². The molecule has 2 aliphatic rings. The van der Waals surface area contributed by atoms with Gasteiger partial charge in [-0.3, -0.25) is 0 Å². The molecular formula is C24H24B2O3. The molecule has 0 amide bonds. The van der Waals surface area contributed by atoms with Crippen molar-refractivity contribution in [1.29, 1.82) is 0 Å². The molecule has 1 N–H and O–H groups in total. The fraction of sp³-hybridized carbons (Fsp3) is 0.250. The Labute approximate surface area is 172 Å². The molecule has 0 bridgehead atoms. The molecular weight excluding hydrogens is 358 g/mol. The van der Waals surface area contributed by atoms with Crippen molar-refractivity contribution in [3.05, 3.63) is 77.9 Å². The number of hydrogen-bond acceptors (Lipinski definition) is 3. The summed E-state index contributed by atoms with van der Waals surface area (Å²) in [6.07, 6.45) is 0.905. The van der Waals surface area contributed by atoms with E-state index >= 15 is 0 Å². The van der Waals surface area contributed by atoms with Crippen LogP contribution in [-0.2, 0) is 9.31 Å². The van der Waals surface area contributed by atoms with E-state index in [0.717, 1.165) is 44.7 Å². The SMILES string of the molecule is CC1CC(C)(C)OB(C2=C(c3ccccc3)B(O)c3cccc4cccc2c34)O1. The van der Waals surface area contributed by atoms with Gasteiger partial charge in [0.15, 0.2) is 0 Å².